The first-order valence-corrected chi connectivity index (χ1v) is 20.5. The van der Waals surface area contributed by atoms with E-state index in [-0.39, 0.29) is 84.9 Å². The number of nitrogens with two attached hydrogens (primary N) is 1. The normalized spacial score (nSPS) is 28.2. The number of piperazine rings is 1. The zero-order chi connectivity index (χ0) is 37.1. The van der Waals surface area contributed by atoms with Crippen molar-refractivity contribution in [1.82, 2.24) is 24.1 Å². The minimum atomic E-state index is -3.50. The van der Waals surface area contributed by atoms with E-state index in [0.717, 1.165) is 37.0 Å². The van der Waals surface area contributed by atoms with Crippen molar-refractivity contribution in [3.05, 3.63) is 40.4 Å². The van der Waals surface area contributed by atoms with Crippen molar-refractivity contribution < 1.29 is 31.1 Å². The van der Waals surface area contributed by atoms with E-state index in [2.05, 4.69) is 9.88 Å². The van der Waals surface area contributed by atoms with Crippen molar-refractivity contribution >= 4 is 70.7 Å². The number of sulfonamides is 1. The van der Waals surface area contributed by atoms with E-state index in [1.54, 1.807) is 11.0 Å². The highest BCUT2D eigenvalue weighted by atomic mass is 35.5. The summed E-state index contributed by atoms with van der Waals surface area (Å²) in [6.07, 6.45) is 3.44. The van der Waals surface area contributed by atoms with Crippen LogP contribution >= 0.6 is 22.9 Å². The Kier molecular flexibility index (Phi) is 8.07. The fourth-order valence-electron chi connectivity index (χ4n) is 9.17. The Hall–Kier alpha value is -3.95. The number of benzene rings is 2. The van der Waals surface area contributed by atoms with Crippen molar-refractivity contribution in [2.75, 3.05) is 56.2 Å². The number of nitrogens with zero attached hydrogens (tertiary/aromatic N) is 7. The highest BCUT2D eigenvalue weighted by molar-refractivity contribution is 7.88. The van der Waals surface area contributed by atoms with E-state index in [9.17, 15) is 27.3 Å². The number of nitrogen functional groups attached to an aromatic ring is 1. The lowest BCUT2D eigenvalue weighted by Crippen LogP contribution is -2.57. The molecule has 2 aromatic carbocycles. The third kappa shape index (κ3) is 5.50. The first-order valence-electron chi connectivity index (χ1n) is 17.4. The molecular formula is C35H34ClF3N8O4S2. The Morgan fingerprint density at radius 1 is 1.19 bits per heavy atom. The van der Waals surface area contributed by atoms with E-state index >= 15 is 4.39 Å². The van der Waals surface area contributed by atoms with Gasteiger partial charge in [0.05, 0.1) is 27.1 Å². The summed E-state index contributed by atoms with van der Waals surface area (Å²) in [4.78, 5) is 28.7. The van der Waals surface area contributed by atoms with Crippen LogP contribution in [-0.2, 0) is 14.8 Å². The molecule has 1 amide bonds. The molecule has 2 N–H and O–H groups in total. The molecule has 2 unspecified atom stereocenters. The first kappa shape index (κ1) is 34.8. The lowest BCUT2D eigenvalue weighted by molar-refractivity contribution is -0.134. The SMILES string of the molecule is CS(=O)(=O)N1CC1C(=O)N1[C@@H]2CC[C@H]1CN(c1nc(OC[C@@]34CCCN3C[C@H](F)C4)nc3c(F)c(-c4ccc(F)c5sc(N)c(C#N)c45)c(Cl)cc13)C2. The maximum atomic E-state index is 17.2. The van der Waals surface area contributed by atoms with Gasteiger partial charge in [0, 0.05) is 61.0 Å². The maximum Gasteiger partial charge on any atom is 0.319 e. The number of ether oxygens (including phenoxy) is 1. The van der Waals surface area contributed by atoms with Gasteiger partial charge >= 0.3 is 6.01 Å². The molecule has 278 valence electrons. The predicted molar refractivity (Wildman–Crippen MR) is 194 cm³/mol. The van der Waals surface area contributed by atoms with Gasteiger partial charge in [-0.1, -0.05) is 17.7 Å². The average molecular weight is 787 g/mol. The quantitative estimate of drug-likeness (QED) is 0.262. The van der Waals surface area contributed by atoms with Gasteiger partial charge in [-0.3, -0.25) is 9.69 Å². The third-order valence-electron chi connectivity index (χ3n) is 11.6. The van der Waals surface area contributed by atoms with E-state index < -0.39 is 39.4 Å². The molecule has 9 rings (SSSR count). The third-order valence-corrected chi connectivity index (χ3v) is 14.2. The number of hydrogen-bond acceptors (Lipinski definition) is 11. The van der Waals surface area contributed by atoms with Crippen LogP contribution in [0.15, 0.2) is 18.2 Å². The molecule has 0 saturated carbocycles. The number of nitriles is 1. The summed E-state index contributed by atoms with van der Waals surface area (Å²) < 4.78 is 78.4. The van der Waals surface area contributed by atoms with Gasteiger partial charge in [0.1, 0.15) is 47.0 Å². The van der Waals surface area contributed by atoms with E-state index in [4.69, 9.17) is 27.1 Å². The molecule has 12 nitrogen and oxygen atoms in total. The number of halogens is 4. The summed E-state index contributed by atoms with van der Waals surface area (Å²) in [6, 6.07) is 4.78. The summed E-state index contributed by atoms with van der Waals surface area (Å²) in [5.41, 5.74) is 5.52. The monoisotopic (exact) mass is 786 g/mol. The Bertz CT molecular complexity index is 2380. The van der Waals surface area contributed by atoms with Gasteiger partial charge in [0.25, 0.3) is 0 Å². The number of fused-ring (bicyclic) bond motifs is 5. The number of carbonyl (C=O) groups excluding carboxylic acids is 1. The molecule has 0 aliphatic carbocycles. The number of thiophene rings is 1. The fraction of sp³-hybridized carbons (Fsp3) is 0.486. The van der Waals surface area contributed by atoms with Gasteiger partial charge in [-0.25, -0.2) is 21.6 Å². The van der Waals surface area contributed by atoms with Crippen LogP contribution in [0.3, 0.4) is 0 Å². The molecule has 5 aliphatic heterocycles. The summed E-state index contributed by atoms with van der Waals surface area (Å²) in [5.74, 6) is -1.33. The van der Waals surface area contributed by atoms with Crippen molar-refractivity contribution in [2.45, 2.75) is 61.9 Å². The van der Waals surface area contributed by atoms with Crippen LogP contribution in [0.2, 0.25) is 5.02 Å². The largest absolute Gasteiger partial charge is 0.461 e. The molecule has 53 heavy (non-hydrogen) atoms. The number of hydrogen-bond donors (Lipinski definition) is 1. The second-order valence-electron chi connectivity index (χ2n) is 14.8. The number of aromatic nitrogens is 2. The Balaban J connectivity index is 1.14. The molecule has 6 atom stereocenters. The minimum absolute atomic E-state index is 0.0133. The van der Waals surface area contributed by atoms with Crippen molar-refractivity contribution in [2.24, 2.45) is 0 Å². The zero-order valence-corrected chi connectivity index (χ0v) is 30.9. The Labute approximate surface area is 311 Å². The summed E-state index contributed by atoms with van der Waals surface area (Å²) in [7, 11) is -3.50. The van der Waals surface area contributed by atoms with Crippen molar-refractivity contribution in [3.63, 3.8) is 0 Å². The number of anilines is 2. The van der Waals surface area contributed by atoms with Crippen LogP contribution in [0.4, 0.5) is 24.0 Å². The predicted octanol–water partition coefficient (Wildman–Crippen LogP) is 4.68. The molecule has 2 aromatic heterocycles. The standard InChI is InChI=1S/C35H34ClF3N8O4S2/c1-53(49,50)46-15-25(46)33(48)47-18-3-4-19(47)14-44(13-18)32-21-9-23(36)27(20-5-6-24(38)30-26(20)22(11-40)31(41)52-30)28(39)29(21)42-34(43-32)51-16-35-7-2-8-45(35)12-17(37)10-35/h5-6,9,17-19,25H,2-4,7-8,10,12-16,41H2,1H3/t17-,18-,19+,25?,35+,46?/m1/s1. The van der Waals surface area contributed by atoms with Crippen LogP contribution in [-0.4, -0.2) is 114 Å². The molecule has 5 fully saturated rings. The second-order valence-corrected chi connectivity index (χ2v) is 18.2. The Morgan fingerprint density at radius 2 is 1.94 bits per heavy atom. The van der Waals surface area contributed by atoms with Crippen molar-refractivity contribution in [1.29, 1.82) is 5.26 Å². The van der Waals surface area contributed by atoms with Gasteiger partial charge < -0.3 is 20.3 Å². The van der Waals surface area contributed by atoms with Gasteiger partial charge in [0.15, 0.2) is 5.82 Å². The molecule has 18 heteroatoms. The van der Waals surface area contributed by atoms with Gasteiger partial charge in [-0.2, -0.15) is 19.5 Å². The molecule has 7 heterocycles. The average Bonchev–Trinajstić information content (AvgIpc) is 3.50. The summed E-state index contributed by atoms with van der Waals surface area (Å²) >= 11 is 7.78. The summed E-state index contributed by atoms with van der Waals surface area (Å²) in [6.45, 7) is 2.00. The molecule has 5 saturated heterocycles. The first-order chi connectivity index (χ1) is 25.3. The zero-order valence-electron chi connectivity index (χ0n) is 28.5. The van der Waals surface area contributed by atoms with Crippen LogP contribution in [0.1, 0.15) is 37.7 Å². The van der Waals surface area contributed by atoms with E-state index in [1.165, 1.54) is 16.4 Å². The Morgan fingerprint density at radius 3 is 2.64 bits per heavy atom. The number of carbonyl (C=O) groups is 1. The van der Waals surface area contributed by atoms with Crippen LogP contribution < -0.4 is 15.4 Å². The highest BCUT2D eigenvalue weighted by Gasteiger charge is 2.54. The van der Waals surface area contributed by atoms with Crippen LogP contribution in [0.5, 0.6) is 6.01 Å². The second kappa shape index (κ2) is 12.3. The minimum Gasteiger partial charge on any atom is -0.461 e. The van der Waals surface area contributed by atoms with Gasteiger partial charge in [-0.05, 0) is 49.9 Å². The number of amides is 1. The fourth-order valence-corrected chi connectivity index (χ4v) is 11.4. The van der Waals surface area contributed by atoms with Crippen LogP contribution in [0.25, 0.3) is 32.1 Å². The van der Waals surface area contributed by atoms with Crippen LogP contribution in [0, 0.1) is 23.0 Å². The van der Waals surface area contributed by atoms with Gasteiger partial charge in [0.2, 0.25) is 15.9 Å². The van der Waals surface area contributed by atoms with Gasteiger partial charge in [-0.15, -0.1) is 11.3 Å². The molecular weight excluding hydrogens is 753 g/mol. The molecule has 0 radical (unpaired) electrons. The summed E-state index contributed by atoms with van der Waals surface area (Å²) in [5, 5.41) is 10.4. The topological polar surface area (TPSA) is 149 Å². The van der Waals surface area contributed by atoms with E-state index in [1.807, 2.05) is 11.0 Å². The highest BCUT2D eigenvalue weighted by Crippen LogP contribution is 2.47. The molecule has 0 spiro atoms. The van der Waals surface area contributed by atoms with E-state index in [0.29, 0.717) is 44.7 Å². The molecule has 4 aromatic rings. The number of rotatable bonds is 7. The maximum absolute atomic E-state index is 17.2. The lowest BCUT2D eigenvalue weighted by Gasteiger charge is -2.42. The molecule has 5 aliphatic rings. The number of alkyl halides is 1. The lowest BCUT2D eigenvalue weighted by atomic mass is 9.95. The smallest absolute Gasteiger partial charge is 0.319 e. The molecule has 2 bridgehead atoms. The van der Waals surface area contributed by atoms with Crippen molar-refractivity contribution in [3.8, 4) is 23.2 Å².